The molecule has 26 heavy (non-hydrogen) atoms. The normalized spacial score (nSPS) is 18.5. The number of hydrogen-bond acceptors (Lipinski definition) is 5. The third-order valence-electron chi connectivity index (χ3n) is 3.82. The van der Waals surface area contributed by atoms with Crippen LogP contribution in [-0.4, -0.2) is 35.9 Å². The summed E-state index contributed by atoms with van der Waals surface area (Å²) in [6.45, 7) is 4.40. The van der Waals surface area contributed by atoms with Crippen LogP contribution < -0.4 is 10.6 Å². The van der Waals surface area contributed by atoms with E-state index >= 15 is 0 Å². The Kier molecular flexibility index (Phi) is 5.73. The summed E-state index contributed by atoms with van der Waals surface area (Å²) < 4.78 is 26.0. The van der Waals surface area contributed by atoms with Crippen LogP contribution in [0.15, 0.2) is 36.7 Å². The lowest BCUT2D eigenvalue weighted by atomic mass is 10.2. The number of amides is 1. The molecule has 8 heteroatoms. The Morgan fingerprint density at radius 1 is 1.38 bits per heavy atom. The van der Waals surface area contributed by atoms with Gasteiger partial charge in [0.1, 0.15) is 11.9 Å². The zero-order valence-electron chi connectivity index (χ0n) is 14.4. The lowest BCUT2D eigenvalue weighted by Gasteiger charge is -2.17. The van der Waals surface area contributed by atoms with Crippen LogP contribution in [0.5, 0.6) is 0 Å². The number of anilines is 2. The monoisotopic (exact) mass is 471 g/mol. The maximum absolute atomic E-state index is 14.1. The van der Waals surface area contributed by atoms with Gasteiger partial charge in [-0.2, -0.15) is 0 Å². The zero-order valence-corrected chi connectivity index (χ0v) is 16.5. The van der Waals surface area contributed by atoms with Crippen LogP contribution in [0.25, 0.3) is 0 Å². The number of nitrogens with zero attached hydrogens (tertiary/aromatic N) is 1. The van der Waals surface area contributed by atoms with Crippen molar-refractivity contribution < 1.29 is 18.7 Å². The van der Waals surface area contributed by atoms with Crippen molar-refractivity contribution in [3.63, 3.8) is 0 Å². The summed E-state index contributed by atoms with van der Waals surface area (Å²) in [5.41, 5.74) is 1.08. The third-order valence-corrected chi connectivity index (χ3v) is 4.49. The first-order valence-electron chi connectivity index (χ1n) is 8.10. The van der Waals surface area contributed by atoms with Gasteiger partial charge in [-0.1, -0.05) is 0 Å². The molecule has 1 fully saturated rings. The van der Waals surface area contributed by atoms with E-state index in [4.69, 9.17) is 9.47 Å². The Morgan fingerprint density at radius 3 is 2.88 bits per heavy atom. The van der Waals surface area contributed by atoms with Crippen molar-refractivity contribution >= 4 is 39.9 Å². The fourth-order valence-electron chi connectivity index (χ4n) is 2.59. The lowest BCUT2D eigenvalue weighted by Crippen LogP contribution is -2.34. The van der Waals surface area contributed by atoms with E-state index in [9.17, 15) is 9.18 Å². The van der Waals surface area contributed by atoms with Crippen LogP contribution in [0.3, 0.4) is 0 Å². The highest BCUT2D eigenvalue weighted by Gasteiger charge is 2.32. The molecule has 0 aliphatic carbocycles. The van der Waals surface area contributed by atoms with E-state index in [0.29, 0.717) is 24.4 Å². The number of aromatic nitrogens is 1. The average Bonchev–Trinajstić information content (AvgIpc) is 2.95. The maximum Gasteiger partial charge on any atom is 0.253 e. The second-order valence-corrected chi connectivity index (χ2v) is 7.58. The number of halogens is 2. The minimum absolute atomic E-state index is 0.208. The molecule has 2 aromatic rings. The molecule has 2 N–H and O–H groups in total. The molecule has 1 unspecified atom stereocenters. The Balaban J connectivity index is 1.69. The van der Waals surface area contributed by atoms with Crippen molar-refractivity contribution in [2.45, 2.75) is 25.7 Å². The topological polar surface area (TPSA) is 72.5 Å². The Morgan fingerprint density at radius 2 is 2.19 bits per heavy atom. The van der Waals surface area contributed by atoms with Gasteiger partial charge in [0.25, 0.3) is 5.91 Å². The van der Waals surface area contributed by atoms with Crippen LogP contribution in [0.4, 0.5) is 15.8 Å². The van der Waals surface area contributed by atoms with Crippen LogP contribution in [-0.2, 0) is 9.47 Å². The van der Waals surface area contributed by atoms with E-state index in [1.165, 1.54) is 18.5 Å². The molecule has 3 rings (SSSR count). The molecule has 0 spiro atoms. The second-order valence-electron chi connectivity index (χ2n) is 6.33. The van der Waals surface area contributed by atoms with Gasteiger partial charge >= 0.3 is 0 Å². The quantitative estimate of drug-likeness (QED) is 0.654. The van der Waals surface area contributed by atoms with Gasteiger partial charge in [0.2, 0.25) is 0 Å². The van der Waals surface area contributed by atoms with Gasteiger partial charge < -0.3 is 20.1 Å². The van der Waals surface area contributed by atoms with E-state index in [0.717, 1.165) is 3.57 Å². The van der Waals surface area contributed by atoms with E-state index in [1.807, 2.05) is 36.4 Å². The first kappa shape index (κ1) is 19.0. The van der Waals surface area contributed by atoms with Gasteiger partial charge in [0.05, 0.1) is 29.7 Å². The molecule has 6 nitrogen and oxygen atoms in total. The third kappa shape index (κ3) is 4.68. The maximum atomic E-state index is 14.1. The molecule has 1 atom stereocenters. The lowest BCUT2D eigenvalue weighted by molar-refractivity contribution is -0.137. The zero-order chi connectivity index (χ0) is 18.7. The van der Waals surface area contributed by atoms with Crippen molar-refractivity contribution in [1.29, 1.82) is 0 Å². The van der Waals surface area contributed by atoms with Crippen molar-refractivity contribution in [3.05, 3.63) is 51.6 Å². The number of ether oxygens (including phenoxy) is 2. The minimum Gasteiger partial charge on any atom is -0.351 e. The van der Waals surface area contributed by atoms with Gasteiger partial charge in [0.15, 0.2) is 5.79 Å². The largest absolute Gasteiger partial charge is 0.351 e. The highest BCUT2D eigenvalue weighted by Crippen LogP contribution is 2.24. The molecular weight excluding hydrogens is 452 g/mol. The predicted octanol–water partition coefficient (Wildman–Crippen LogP) is 3.45. The number of carbonyl (C=O) groups excluding carboxylic acids is 1. The van der Waals surface area contributed by atoms with E-state index in [2.05, 4.69) is 15.6 Å². The van der Waals surface area contributed by atoms with Gasteiger partial charge in [-0.3, -0.25) is 9.78 Å². The first-order valence-corrected chi connectivity index (χ1v) is 9.18. The number of benzene rings is 1. The smallest absolute Gasteiger partial charge is 0.253 e. The molecule has 2 heterocycles. The highest BCUT2D eigenvalue weighted by molar-refractivity contribution is 14.1. The highest BCUT2D eigenvalue weighted by atomic mass is 127. The van der Waals surface area contributed by atoms with Crippen LogP contribution in [0.2, 0.25) is 0 Å². The van der Waals surface area contributed by atoms with Gasteiger partial charge in [-0.25, -0.2) is 4.39 Å². The molecule has 1 aliphatic rings. The molecule has 138 valence electrons. The van der Waals surface area contributed by atoms with Crippen molar-refractivity contribution in [1.82, 2.24) is 10.3 Å². The molecule has 1 amide bonds. The molecule has 1 aromatic carbocycles. The fraction of sp³-hybridized carbons (Fsp3) is 0.333. The molecule has 1 aromatic heterocycles. The molecule has 0 radical (unpaired) electrons. The Hall–Kier alpha value is -1.78. The summed E-state index contributed by atoms with van der Waals surface area (Å²) in [6, 6.07) is 6.40. The van der Waals surface area contributed by atoms with Crippen LogP contribution in [0.1, 0.15) is 24.2 Å². The molecule has 1 saturated heterocycles. The van der Waals surface area contributed by atoms with E-state index in [-0.39, 0.29) is 17.7 Å². The van der Waals surface area contributed by atoms with Gasteiger partial charge in [0, 0.05) is 16.3 Å². The molecule has 0 saturated carbocycles. The molecular formula is C18H19FIN3O3. The standard InChI is InChI=1S/C18H19FIN3O3/c1-18(2)25-10-12(26-18)8-22-17(24)13-5-6-21-9-16(13)23-15-4-3-11(20)7-14(15)19/h3-7,9,12,23H,8,10H2,1-2H3,(H,22,24). The summed E-state index contributed by atoms with van der Waals surface area (Å²) in [7, 11) is 0. The molecule has 0 bridgehead atoms. The summed E-state index contributed by atoms with van der Waals surface area (Å²) in [6.07, 6.45) is 2.80. The van der Waals surface area contributed by atoms with Crippen molar-refractivity contribution in [2.24, 2.45) is 0 Å². The molecule has 1 aliphatic heterocycles. The summed E-state index contributed by atoms with van der Waals surface area (Å²) in [5, 5.41) is 5.75. The van der Waals surface area contributed by atoms with E-state index in [1.54, 1.807) is 18.2 Å². The number of rotatable bonds is 5. The summed E-state index contributed by atoms with van der Waals surface area (Å²) >= 11 is 2.04. The van der Waals surface area contributed by atoms with E-state index < -0.39 is 11.6 Å². The fourth-order valence-corrected chi connectivity index (χ4v) is 3.05. The SMILES string of the molecule is CC1(C)OCC(CNC(=O)c2ccncc2Nc2ccc(I)cc2F)O1. The first-order chi connectivity index (χ1) is 12.3. The van der Waals surface area contributed by atoms with Crippen LogP contribution in [0, 0.1) is 9.39 Å². The van der Waals surface area contributed by atoms with Crippen LogP contribution >= 0.6 is 22.6 Å². The predicted molar refractivity (Wildman–Crippen MR) is 104 cm³/mol. The number of hydrogen-bond donors (Lipinski definition) is 2. The second kappa shape index (κ2) is 7.85. The van der Waals surface area contributed by atoms with Gasteiger partial charge in [-0.05, 0) is 60.7 Å². The average molecular weight is 471 g/mol. The summed E-state index contributed by atoms with van der Waals surface area (Å²) in [4.78, 5) is 16.6. The van der Waals surface area contributed by atoms with Crippen molar-refractivity contribution in [2.75, 3.05) is 18.5 Å². The van der Waals surface area contributed by atoms with Gasteiger partial charge in [-0.15, -0.1) is 0 Å². The number of pyridine rings is 1. The number of carbonyl (C=O) groups is 1. The minimum atomic E-state index is -0.638. The Bertz CT molecular complexity index is 816. The summed E-state index contributed by atoms with van der Waals surface area (Å²) in [5.74, 6) is -1.33. The Labute approximate surface area is 164 Å². The van der Waals surface area contributed by atoms with Crippen molar-refractivity contribution in [3.8, 4) is 0 Å². The number of nitrogens with one attached hydrogen (secondary N) is 2.